The van der Waals surface area contributed by atoms with Crippen LogP contribution in [0.3, 0.4) is 0 Å². The Morgan fingerprint density at radius 1 is 1.08 bits per heavy atom. The third kappa shape index (κ3) is 2.73. The summed E-state index contributed by atoms with van der Waals surface area (Å²) < 4.78 is 3.46. The normalized spacial score (nSPS) is 11.2. The van der Waals surface area contributed by atoms with E-state index >= 15 is 0 Å². The van der Waals surface area contributed by atoms with Crippen LogP contribution in [0.4, 0.5) is 0 Å². The third-order valence-electron chi connectivity index (χ3n) is 3.46. The fourth-order valence-electron chi connectivity index (χ4n) is 2.40. The Balaban J connectivity index is 1.58. The summed E-state index contributed by atoms with van der Waals surface area (Å²) in [4.78, 5) is 8.86. The Morgan fingerprint density at radius 2 is 1.92 bits per heavy atom. The van der Waals surface area contributed by atoms with Gasteiger partial charge in [0, 0.05) is 11.4 Å². The summed E-state index contributed by atoms with van der Waals surface area (Å²) >= 11 is 1.48. The lowest BCUT2D eigenvalue weighted by Crippen LogP contribution is -2.02. The molecule has 0 N–H and O–H groups in total. The standard InChI is InChI=1S/C15H14N8S/c1-10-8-11(2)22-14(16-10)17-15(19-22)24-9-13-18-20-21-23(13)12-6-4-3-5-7-12/h3-8H,9H2,1-2H3. The van der Waals surface area contributed by atoms with Crippen molar-refractivity contribution in [2.75, 3.05) is 0 Å². The molecular weight excluding hydrogens is 324 g/mol. The Hall–Kier alpha value is -2.81. The van der Waals surface area contributed by atoms with Gasteiger partial charge >= 0.3 is 0 Å². The molecule has 0 aliphatic carbocycles. The molecule has 9 heteroatoms. The maximum atomic E-state index is 4.48. The molecule has 120 valence electrons. The van der Waals surface area contributed by atoms with E-state index in [1.54, 1.807) is 9.20 Å². The van der Waals surface area contributed by atoms with Crippen LogP contribution in [0, 0.1) is 13.8 Å². The van der Waals surface area contributed by atoms with Crippen LogP contribution < -0.4 is 0 Å². The minimum absolute atomic E-state index is 0.566. The molecule has 3 heterocycles. The fraction of sp³-hybridized carbons (Fsp3) is 0.200. The Labute approximate surface area is 141 Å². The van der Waals surface area contributed by atoms with Crippen molar-refractivity contribution in [1.29, 1.82) is 0 Å². The van der Waals surface area contributed by atoms with Crippen molar-refractivity contribution < 1.29 is 0 Å². The Bertz CT molecular complexity index is 991. The first kappa shape index (κ1) is 14.8. The molecule has 0 unspecified atom stereocenters. The van der Waals surface area contributed by atoms with E-state index in [1.165, 1.54) is 11.8 Å². The van der Waals surface area contributed by atoms with E-state index in [-0.39, 0.29) is 0 Å². The smallest absolute Gasteiger partial charge is 0.216 e. The van der Waals surface area contributed by atoms with Gasteiger partial charge in [-0.1, -0.05) is 30.0 Å². The number of aryl methyl sites for hydroxylation is 2. The minimum Gasteiger partial charge on any atom is -0.216 e. The lowest BCUT2D eigenvalue weighted by Gasteiger charge is -2.02. The van der Waals surface area contributed by atoms with Gasteiger partial charge in [-0.2, -0.15) is 9.67 Å². The summed E-state index contributed by atoms with van der Waals surface area (Å²) in [6.45, 7) is 3.93. The molecule has 4 aromatic rings. The molecule has 0 fully saturated rings. The number of rotatable bonds is 4. The molecule has 24 heavy (non-hydrogen) atoms. The quantitative estimate of drug-likeness (QED) is 0.526. The second-order valence-electron chi connectivity index (χ2n) is 5.28. The zero-order valence-electron chi connectivity index (χ0n) is 13.2. The average molecular weight is 338 g/mol. The van der Waals surface area contributed by atoms with E-state index in [0.29, 0.717) is 16.7 Å². The Morgan fingerprint density at radius 3 is 2.75 bits per heavy atom. The maximum Gasteiger partial charge on any atom is 0.253 e. The lowest BCUT2D eigenvalue weighted by atomic mass is 10.3. The highest BCUT2D eigenvalue weighted by molar-refractivity contribution is 7.98. The van der Waals surface area contributed by atoms with Crippen LogP contribution in [-0.2, 0) is 5.75 Å². The van der Waals surface area contributed by atoms with Crippen LogP contribution in [0.1, 0.15) is 17.2 Å². The van der Waals surface area contributed by atoms with E-state index in [1.807, 2.05) is 50.2 Å². The van der Waals surface area contributed by atoms with E-state index in [4.69, 9.17) is 0 Å². The number of thioether (sulfide) groups is 1. The van der Waals surface area contributed by atoms with Crippen molar-refractivity contribution in [2.45, 2.75) is 24.8 Å². The highest BCUT2D eigenvalue weighted by Crippen LogP contribution is 2.20. The minimum atomic E-state index is 0.566. The summed E-state index contributed by atoms with van der Waals surface area (Å²) in [6, 6.07) is 11.8. The fourth-order valence-corrected chi connectivity index (χ4v) is 3.13. The lowest BCUT2D eigenvalue weighted by molar-refractivity contribution is 0.777. The van der Waals surface area contributed by atoms with Crippen LogP contribution in [0.5, 0.6) is 0 Å². The number of aromatic nitrogens is 8. The number of hydrogen-bond donors (Lipinski definition) is 0. The van der Waals surface area contributed by atoms with Gasteiger partial charge in [0.05, 0.1) is 11.4 Å². The summed E-state index contributed by atoms with van der Waals surface area (Å²) in [6.07, 6.45) is 0. The van der Waals surface area contributed by atoms with Crippen LogP contribution in [0.15, 0.2) is 41.6 Å². The first-order chi connectivity index (χ1) is 11.7. The maximum absolute atomic E-state index is 4.48. The number of fused-ring (bicyclic) bond motifs is 1. The van der Waals surface area contributed by atoms with Crippen molar-refractivity contribution in [1.82, 2.24) is 39.8 Å². The van der Waals surface area contributed by atoms with Gasteiger partial charge in [0.25, 0.3) is 5.78 Å². The van der Waals surface area contributed by atoms with E-state index in [2.05, 4.69) is 30.6 Å². The first-order valence-electron chi connectivity index (χ1n) is 7.37. The molecular formula is C15H14N8S. The molecule has 0 spiro atoms. The van der Waals surface area contributed by atoms with Crippen LogP contribution in [0.2, 0.25) is 0 Å². The van der Waals surface area contributed by atoms with Gasteiger partial charge in [-0.25, -0.2) is 9.50 Å². The highest BCUT2D eigenvalue weighted by Gasteiger charge is 2.12. The van der Waals surface area contributed by atoms with E-state index in [9.17, 15) is 0 Å². The number of para-hydroxylation sites is 1. The molecule has 0 saturated carbocycles. The number of benzene rings is 1. The summed E-state index contributed by atoms with van der Waals surface area (Å²) in [7, 11) is 0. The summed E-state index contributed by atoms with van der Waals surface area (Å²) in [5, 5.41) is 17.1. The first-order valence-corrected chi connectivity index (χ1v) is 8.36. The van der Waals surface area contributed by atoms with Crippen molar-refractivity contribution in [2.24, 2.45) is 0 Å². The number of nitrogens with zero attached hydrogens (tertiary/aromatic N) is 8. The van der Waals surface area contributed by atoms with Crippen LogP contribution in [-0.4, -0.2) is 39.8 Å². The van der Waals surface area contributed by atoms with Gasteiger partial charge in [-0.3, -0.25) is 0 Å². The zero-order valence-corrected chi connectivity index (χ0v) is 14.0. The predicted molar refractivity (Wildman–Crippen MR) is 89.0 cm³/mol. The van der Waals surface area contributed by atoms with Crippen LogP contribution >= 0.6 is 11.8 Å². The number of tetrazole rings is 1. The third-order valence-corrected chi connectivity index (χ3v) is 4.30. The monoisotopic (exact) mass is 338 g/mol. The van der Waals surface area contributed by atoms with Gasteiger partial charge < -0.3 is 0 Å². The van der Waals surface area contributed by atoms with Crippen molar-refractivity contribution in [3.63, 3.8) is 0 Å². The molecule has 1 aromatic carbocycles. The average Bonchev–Trinajstić information content (AvgIpc) is 3.20. The van der Waals surface area contributed by atoms with E-state index < -0.39 is 0 Å². The van der Waals surface area contributed by atoms with E-state index in [0.717, 1.165) is 22.9 Å². The molecule has 0 amide bonds. The van der Waals surface area contributed by atoms with Crippen molar-refractivity contribution in [3.8, 4) is 5.69 Å². The molecule has 0 saturated heterocycles. The van der Waals surface area contributed by atoms with Gasteiger partial charge in [0.15, 0.2) is 5.82 Å². The largest absolute Gasteiger partial charge is 0.253 e. The van der Waals surface area contributed by atoms with Crippen LogP contribution in [0.25, 0.3) is 11.5 Å². The van der Waals surface area contributed by atoms with Crippen molar-refractivity contribution in [3.05, 3.63) is 53.6 Å². The molecule has 0 radical (unpaired) electrons. The highest BCUT2D eigenvalue weighted by atomic mass is 32.2. The SMILES string of the molecule is Cc1cc(C)n2nc(SCc3nnnn3-c3ccccc3)nc2n1. The Kier molecular flexibility index (Phi) is 3.69. The molecule has 0 bridgehead atoms. The second-order valence-corrected chi connectivity index (χ2v) is 6.22. The zero-order chi connectivity index (χ0) is 16.5. The number of hydrogen-bond acceptors (Lipinski definition) is 7. The molecule has 8 nitrogen and oxygen atoms in total. The van der Waals surface area contributed by atoms with Gasteiger partial charge in [-0.15, -0.1) is 10.2 Å². The molecule has 0 aliphatic rings. The topological polar surface area (TPSA) is 86.7 Å². The predicted octanol–water partition coefficient (Wildman–Crippen LogP) is 2.01. The summed E-state index contributed by atoms with van der Waals surface area (Å²) in [5.41, 5.74) is 2.86. The van der Waals surface area contributed by atoms with Crippen molar-refractivity contribution >= 4 is 17.5 Å². The molecule has 4 rings (SSSR count). The summed E-state index contributed by atoms with van der Waals surface area (Å²) in [5.74, 6) is 1.92. The molecule has 0 atom stereocenters. The van der Waals surface area contributed by atoms with Gasteiger partial charge in [-0.05, 0) is 42.5 Å². The molecule has 3 aromatic heterocycles. The second kappa shape index (κ2) is 6.00. The molecule has 0 aliphatic heterocycles. The van der Waals surface area contributed by atoms with Gasteiger partial charge in [0.1, 0.15) is 0 Å². The van der Waals surface area contributed by atoms with Gasteiger partial charge in [0.2, 0.25) is 5.16 Å².